The summed E-state index contributed by atoms with van der Waals surface area (Å²) in [5, 5.41) is 2.97. The van der Waals surface area contributed by atoms with Gasteiger partial charge in [-0.05, 0) is 55.5 Å². The topological polar surface area (TPSA) is 46.9 Å². The van der Waals surface area contributed by atoms with E-state index >= 15 is 0 Å². The van der Waals surface area contributed by atoms with Crippen molar-refractivity contribution in [2.24, 2.45) is 0 Å². The highest BCUT2D eigenvalue weighted by molar-refractivity contribution is 6.04. The molecular weight excluding hydrogens is 353 g/mol. The van der Waals surface area contributed by atoms with Crippen LogP contribution in [0.15, 0.2) is 48.5 Å². The summed E-state index contributed by atoms with van der Waals surface area (Å²) in [5.41, 5.74) is 4.07. The van der Waals surface area contributed by atoms with Crippen molar-refractivity contribution >= 4 is 11.6 Å². The number of anilines is 1. The Labute approximate surface area is 164 Å². The third-order valence-electron chi connectivity index (χ3n) is 5.29. The smallest absolute Gasteiger partial charge is 0.276 e. The van der Waals surface area contributed by atoms with Gasteiger partial charge in [-0.1, -0.05) is 37.6 Å². The van der Waals surface area contributed by atoms with E-state index < -0.39 is 0 Å². The van der Waals surface area contributed by atoms with Crippen molar-refractivity contribution in [3.63, 3.8) is 0 Å². The molecule has 1 amide bonds. The molecule has 0 atom stereocenters. The second kappa shape index (κ2) is 7.97. The number of hydrogen-bond acceptors (Lipinski definition) is 2. The summed E-state index contributed by atoms with van der Waals surface area (Å²) in [5.74, 6) is 0.158. The number of rotatable bonds is 4. The fourth-order valence-electron chi connectivity index (χ4n) is 3.76. The number of aromatic nitrogens is 2. The second-order valence-electron chi connectivity index (χ2n) is 7.21. The molecule has 28 heavy (non-hydrogen) atoms. The van der Waals surface area contributed by atoms with Gasteiger partial charge in [0.25, 0.3) is 5.91 Å². The van der Waals surface area contributed by atoms with E-state index in [1.165, 1.54) is 17.7 Å². The van der Waals surface area contributed by atoms with Gasteiger partial charge in [0.2, 0.25) is 0 Å². The first-order valence-corrected chi connectivity index (χ1v) is 9.91. The Kier molecular flexibility index (Phi) is 5.24. The van der Waals surface area contributed by atoms with Crippen LogP contribution in [0.2, 0.25) is 0 Å². The van der Waals surface area contributed by atoms with E-state index in [1.54, 1.807) is 6.07 Å². The van der Waals surface area contributed by atoms with Crippen molar-refractivity contribution in [3.8, 4) is 11.4 Å². The fourth-order valence-corrected chi connectivity index (χ4v) is 3.76. The summed E-state index contributed by atoms with van der Waals surface area (Å²) in [6.45, 7) is 2.90. The van der Waals surface area contributed by atoms with Gasteiger partial charge < -0.3 is 9.88 Å². The van der Waals surface area contributed by atoms with Crippen LogP contribution in [0, 0.1) is 5.82 Å². The standard InChI is InChI=1S/C23H24FN3O/c1-2-16-10-12-19(13-11-16)25-23(28)21-20-9-4-3-5-14-27(20)22(26-21)17-7-6-8-18(24)15-17/h6-8,10-13,15H,2-5,9,14H2,1H3,(H,25,28). The monoisotopic (exact) mass is 377 g/mol. The van der Waals surface area contributed by atoms with Crippen LogP contribution in [0.5, 0.6) is 0 Å². The molecule has 0 fully saturated rings. The molecule has 1 aromatic heterocycles. The van der Waals surface area contributed by atoms with Crippen molar-refractivity contribution in [1.82, 2.24) is 9.55 Å². The lowest BCUT2D eigenvalue weighted by molar-refractivity contribution is 0.102. The molecule has 4 rings (SSSR count). The summed E-state index contributed by atoms with van der Waals surface area (Å²) in [6.07, 6.45) is 4.94. The van der Waals surface area contributed by atoms with E-state index in [2.05, 4.69) is 21.8 Å². The highest BCUT2D eigenvalue weighted by Crippen LogP contribution is 2.28. The SMILES string of the molecule is CCc1ccc(NC(=O)c2nc(-c3cccc(F)c3)n3c2CCCCC3)cc1. The number of amides is 1. The third kappa shape index (κ3) is 3.70. The minimum absolute atomic E-state index is 0.211. The Morgan fingerprint density at radius 1 is 1.14 bits per heavy atom. The maximum Gasteiger partial charge on any atom is 0.276 e. The van der Waals surface area contributed by atoms with Crippen LogP contribution in [0.1, 0.15) is 47.9 Å². The van der Waals surface area contributed by atoms with E-state index in [9.17, 15) is 9.18 Å². The van der Waals surface area contributed by atoms with Gasteiger partial charge in [0.1, 0.15) is 17.3 Å². The molecule has 1 N–H and O–H groups in total. The molecule has 0 radical (unpaired) electrons. The number of benzene rings is 2. The highest BCUT2D eigenvalue weighted by atomic mass is 19.1. The van der Waals surface area contributed by atoms with E-state index in [-0.39, 0.29) is 11.7 Å². The van der Waals surface area contributed by atoms with Crippen LogP contribution in [-0.4, -0.2) is 15.5 Å². The zero-order valence-corrected chi connectivity index (χ0v) is 16.0. The Morgan fingerprint density at radius 2 is 1.96 bits per heavy atom. The zero-order chi connectivity index (χ0) is 19.5. The summed E-state index contributed by atoms with van der Waals surface area (Å²) in [4.78, 5) is 17.7. The lowest BCUT2D eigenvalue weighted by atomic mass is 10.1. The van der Waals surface area contributed by atoms with Crippen LogP contribution >= 0.6 is 0 Å². The number of aryl methyl sites for hydroxylation is 1. The largest absolute Gasteiger partial charge is 0.327 e. The van der Waals surface area contributed by atoms with E-state index in [4.69, 9.17) is 0 Å². The van der Waals surface area contributed by atoms with Gasteiger partial charge in [-0.2, -0.15) is 0 Å². The predicted octanol–water partition coefficient (Wildman–Crippen LogP) is 5.23. The maximum atomic E-state index is 13.8. The van der Waals surface area contributed by atoms with Crippen molar-refractivity contribution in [1.29, 1.82) is 0 Å². The van der Waals surface area contributed by atoms with Gasteiger partial charge in [0, 0.05) is 17.8 Å². The number of carbonyl (C=O) groups is 1. The van der Waals surface area contributed by atoms with Crippen LogP contribution in [0.4, 0.5) is 10.1 Å². The second-order valence-corrected chi connectivity index (χ2v) is 7.21. The number of hydrogen-bond donors (Lipinski definition) is 1. The lowest BCUT2D eigenvalue weighted by Crippen LogP contribution is -2.15. The third-order valence-corrected chi connectivity index (χ3v) is 5.29. The Balaban J connectivity index is 1.70. The Morgan fingerprint density at radius 3 is 2.71 bits per heavy atom. The Hall–Kier alpha value is -2.95. The molecule has 0 spiro atoms. The minimum Gasteiger partial charge on any atom is -0.327 e. The van der Waals surface area contributed by atoms with Crippen molar-refractivity contribution in [3.05, 3.63) is 71.3 Å². The van der Waals surface area contributed by atoms with Gasteiger partial charge in [-0.25, -0.2) is 9.37 Å². The number of carbonyl (C=O) groups excluding carboxylic acids is 1. The number of nitrogens with one attached hydrogen (secondary N) is 1. The van der Waals surface area contributed by atoms with Gasteiger partial charge in [0.05, 0.1) is 5.69 Å². The molecule has 2 heterocycles. The minimum atomic E-state index is -0.300. The van der Waals surface area contributed by atoms with E-state index in [0.29, 0.717) is 17.1 Å². The number of fused-ring (bicyclic) bond motifs is 1. The molecule has 5 heteroatoms. The van der Waals surface area contributed by atoms with Crippen LogP contribution in [0.25, 0.3) is 11.4 Å². The van der Waals surface area contributed by atoms with Crippen LogP contribution in [0.3, 0.4) is 0 Å². The quantitative estimate of drug-likeness (QED) is 0.677. The zero-order valence-electron chi connectivity index (χ0n) is 16.0. The molecule has 0 unspecified atom stereocenters. The average Bonchev–Trinajstić information content (AvgIpc) is 2.90. The predicted molar refractivity (Wildman–Crippen MR) is 109 cm³/mol. The van der Waals surface area contributed by atoms with Gasteiger partial charge in [0.15, 0.2) is 0 Å². The number of nitrogens with zero attached hydrogens (tertiary/aromatic N) is 2. The van der Waals surface area contributed by atoms with Crippen molar-refractivity contribution < 1.29 is 9.18 Å². The molecule has 0 saturated carbocycles. The van der Waals surface area contributed by atoms with Gasteiger partial charge >= 0.3 is 0 Å². The number of halogens is 1. The molecule has 144 valence electrons. The molecule has 0 aliphatic carbocycles. The maximum absolute atomic E-state index is 13.8. The first-order valence-electron chi connectivity index (χ1n) is 9.91. The lowest BCUT2D eigenvalue weighted by Gasteiger charge is -2.09. The van der Waals surface area contributed by atoms with Crippen molar-refractivity contribution in [2.75, 3.05) is 5.32 Å². The first-order chi connectivity index (χ1) is 13.7. The normalized spacial score (nSPS) is 13.6. The average molecular weight is 377 g/mol. The molecule has 1 aliphatic heterocycles. The molecule has 2 aromatic carbocycles. The molecule has 0 bridgehead atoms. The summed E-state index contributed by atoms with van der Waals surface area (Å²) in [7, 11) is 0. The van der Waals surface area contributed by atoms with Crippen molar-refractivity contribution in [2.45, 2.75) is 45.6 Å². The van der Waals surface area contributed by atoms with Crippen LogP contribution < -0.4 is 5.32 Å². The first kappa shape index (κ1) is 18.4. The summed E-state index contributed by atoms with van der Waals surface area (Å²) in [6, 6.07) is 14.3. The van der Waals surface area contributed by atoms with Gasteiger partial charge in [-0.15, -0.1) is 0 Å². The van der Waals surface area contributed by atoms with Crippen LogP contribution in [-0.2, 0) is 19.4 Å². The molecule has 0 saturated heterocycles. The number of imidazole rings is 1. The summed E-state index contributed by atoms with van der Waals surface area (Å²) < 4.78 is 15.9. The molecule has 1 aliphatic rings. The van der Waals surface area contributed by atoms with E-state index in [0.717, 1.165) is 50.0 Å². The molecule has 4 nitrogen and oxygen atoms in total. The molecule has 3 aromatic rings. The molecular formula is C23H24FN3O. The summed E-state index contributed by atoms with van der Waals surface area (Å²) >= 11 is 0. The van der Waals surface area contributed by atoms with Gasteiger partial charge in [-0.3, -0.25) is 4.79 Å². The fraction of sp³-hybridized carbons (Fsp3) is 0.304. The highest BCUT2D eigenvalue weighted by Gasteiger charge is 2.24. The van der Waals surface area contributed by atoms with E-state index in [1.807, 2.05) is 30.3 Å². The Bertz CT molecular complexity index is 992.